The minimum absolute atomic E-state index is 0.270. The molecule has 0 amide bonds. The third-order valence-corrected chi connectivity index (χ3v) is 3.49. The molecule has 0 bridgehead atoms. The predicted molar refractivity (Wildman–Crippen MR) is 75.3 cm³/mol. The van der Waals surface area contributed by atoms with E-state index in [1.165, 1.54) is 0 Å². The lowest BCUT2D eigenvalue weighted by Gasteiger charge is -2.31. The molecule has 1 unspecified atom stereocenters. The number of rotatable bonds is 3. The fraction of sp³-hybridized carbons (Fsp3) is 0.500. The van der Waals surface area contributed by atoms with Gasteiger partial charge < -0.3 is 19.8 Å². The Morgan fingerprint density at radius 2 is 2.42 bits per heavy atom. The second-order valence-corrected chi connectivity index (χ2v) is 4.86. The largest absolute Gasteiger partial charge is 0.423 e. The summed E-state index contributed by atoms with van der Waals surface area (Å²) in [5, 5.41) is 0. The Morgan fingerprint density at radius 1 is 1.53 bits per heavy atom. The number of nitrogens with two attached hydrogens (primary N) is 1. The van der Waals surface area contributed by atoms with Crippen LogP contribution in [0.4, 0.5) is 11.7 Å². The molecule has 0 saturated carbocycles. The molecule has 0 spiro atoms. The summed E-state index contributed by atoms with van der Waals surface area (Å²) in [5.41, 5.74) is 8.06. The summed E-state index contributed by atoms with van der Waals surface area (Å²) in [6.45, 7) is 4.56. The minimum atomic E-state index is 0.270. The molecular weight excluding hydrogens is 242 g/mol. The third-order valence-electron chi connectivity index (χ3n) is 3.49. The molecule has 1 fully saturated rings. The molecule has 2 N–H and O–H groups in total. The van der Waals surface area contributed by atoms with Crippen molar-refractivity contribution in [2.75, 3.05) is 30.3 Å². The van der Waals surface area contributed by atoms with Crippen molar-refractivity contribution in [2.24, 2.45) is 0 Å². The van der Waals surface area contributed by atoms with E-state index in [1.807, 2.05) is 25.1 Å². The van der Waals surface area contributed by atoms with Crippen molar-refractivity contribution in [3.05, 3.63) is 18.2 Å². The molecule has 5 heteroatoms. The van der Waals surface area contributed by atoms with Gasteiger partial charge in [0.25, 0.3) is 6.01 Å². The number of anilines is 2. The van der Waals surface area contributed by atoms with Crippen LogP contribution in [0.2, 0.25) is 0 Å². The van der Waals surface area contributed by atoms with Crippen LogP contribution in [0.1, 0.15) is 19.8 Å². The summed E-state index contributed by atoms with van der Waals surface area (Å²) < 4.78 is 11.5. The highest BCUT2D eigenvalue weighted by Crippen LogP contribution is 2.28. The Balaban J connectivity index is 1.85. The van der Waals surface area contributed by atoms with E-state index in [2.05, 4.69) is 9.88 Å². The molecule has 0 radical (unpaired) electrons. The highest BCUT2D eigenvalue weighted by atomic mass is 16.5. The molecule has 1 aliphatic rings. The number of aromatic nitrogens is 1. The zero-order chi connectivity index (χ0) is 13.2. The van der Waals surface area contributed by atoms with Crippen LogP contribution < -0.4 is 10.6 Å². The first kappa shape index (κ1) is 12.3. The first-order valence-corrected chi connectivity index (χ1v) is 6.79. The molecule has 1 aromatic carbocycles. The number of ether oxygens (including phenoxy) is 1. The molecule has 1 saturated heterocycles. The third kappa shape index (κ3) is 2.38. The molecule has 1 aliphatic heterocycles. The monoisotopic (exact) mass is 261 g/mol. The molecular formula is C14H19N3O2. The van der Waals surface area contributed by atoms with Crippen LogP contribution in [-0.2, 0) is 4.74 Å². The molecule has 2 aromatic rings. The maximum atomic E-state index is 5.91. The minimum Gasteiger partial charge on any atom is -0.423 e. The van der Waals surface area contributed by atoms with Crippen molar-refractivity contribution in [3.63, 3.8) is 0 Å². The highest BCUT2D eigenvalue weighted by molar-refractivity contribution is 5.86. The second kappa shape index (κ2) is 5.09. The van der Waals surface area contributed by atoms with E-state index in [1.54, 1.807) is 0 Å². The van der Waals surface area contributed by atoms with Gasteiger partial charge in [0.05, 0.1) is 11.8 Å². The number of hydrogen-bond donors (Lipinski definition) is 1. The maximum absolute atomic E-state index is 5.91. The molecule has 19 heavy (non-hydrogen) atoms. The van der Waals surface area contributed by atoms with E-state index in [-0.39, 0.29) is 6.10 Å². The van der Waals surface area contributed by atoms with Crippen LogP contribution in [0.15, 0.2) is 22.6 Å². The lowest BCUT2D eigenvalue weighted by molar-refractivity contribution is 0.0517. The van der Waals surface area contributed by atoms with Crippen molar-refractivity contribution >= 4 is 22.8 Å². The number of benzene rings is 1. The number of fused-ring (bicyclic) bond motifs is 1. The van der Waals surface area contributed by atoms with E-state index in [4.69, 9.17) is 14.9 Å². The summed E-state index contributed by atoms with van der Waals surface area (Å²) >= 11 is 0. The van der Waals surface area contributed by atoms with Crippen LogP contribution in [0.5, 0.6) is 0 Å². The molecule has 3 rings (SSSR count). The fourth-order valence-corrected chi connectivity index (χ4v) is 2.58. The summed E-state index contributed by atoms with van der Waals surface area (Å²) in [4.78, 5) is 6.65. The quantitative estimate of drug-likeness (QED) is 0.860. The van der Waals surface area contributed by atoms with Gasteiger partial charge in [-0.3, -0.25) is 0 Å². The lowest BCUT2D eigenvalue weighted by Crippen LogP contribution is -2.39. The van der Waals surface area contributed by atoms with Gasteiger partial charge in [0.1, 0.15) is 5.52 Å². The van der Waals surface area contributed by atoms with Crippen LogP contribution >= 0.6 is 0 Å². The molecule has 0 aliphatic carbocycles. The average Bonchev–Trinajstić information content (AvgIpc) is 2.85. The van der Waals surface area contributed by atoms with Gasteiger partial charge in [-0.1, -0.05) is 6.07 Å². The summed E-state index contributed by atoms with van der Waals surface area (Å²) in [7, 11) is 0. The first-order chi connectivity index (χ1) is 9.28. The molecule has 102 valence electrons. The summed E-state index contributed by atoms with van der Waals surface area (Å²) in [6.07, 6.45) is 2.47. The Kier molecular flexibility index (Phi) is 3.29. The van der Waals surface area contributed by atoms with E-state index < -0.39 is 0 Å². The molecule has 1 atom stereocenters. The number of para-hydroxylation sites is 1. The fourth-order valence-electron chi connectivity index (χ4n) is 2.58. The number of oxazole rings is 1. The lowest BCUT2D eigenvalue weighted by atomic mass is 10.1. The molecule has 1 aromatic heterocycles. The summed E-state index contributed by atoms with van der Waals surface area (Å²) in [5.74, 6) is 0. The average molecular weight is 261 g/mol. The van der Waals surface area contributed by atoms with Crippen LogP contribution in [0.3, 0.4) is 0 Å². The highest BCUT2D eigenvalue weighted by Gasteiger charge is 2.23. The molecule has 2 heterocycles. The SMILES string of the molecule is CCOC1CCCN(c2nc3c(N)cccc3o2)C1. The van der Waals surface area contributed by atoms with Gasteiger partial charge in [0.2, 0.25) is 0 Å². The Hall–Kier alpha value is -1.75. The van der Waals surface area contributed by atoms with Gasteiger partial charge >= 0.3 is 0 Å². The Bertz CT molecular complexity index is 565. The van der Waals surface area contributed by atoms with E-state index in [0.29, 0.717) is 11.7 Å². The van der Waals surface area contributed by atoms with Crippen molar-refractivity contribution in [1.29, 1.82) is 0 Å². The Morgan fingerprint density at radius 3 is 3.21 bits per heavy atom. The zero-order valence-corrected chi connectivity index (χ0v) is 11.1. The van der Waals surface area contributed by atoms with Gasteiger partial charge in [0, 0.05) is 19.7 Å². The van der Waals surface area contributed by atoms with Crippen LogP contribution in [0, 0.1) is 0 Å². The van der Waals surface area contributed by atoms with Crippen molar-refractivity contribution in [2.45, 2.75) is 25.9 Å². The normalized spacial score (nSPS) is 20.1. The summed E-state index contributed by atoms with van der Waals surface area (Å²) in [6, 6.07) is 6.27. The predicted octanol–water partition coefficient (Wildman–Crippen LogP) is 2.42. The molecule has 5 nitrogen and oxygen atoms in total. The van der Waals surface area contributed by atoms with Crippen LogP contribution in [-0.4, -0.2) is 30.8 Å². The smallest absolute Gasteiger partial charge is 0.298 e. The van der Waals surface area contributed by atoms with Crippen LogP contribution in [0.25, 0.3) is 11.1 Å². The van der Waals surface area contributed by atoms with Gasteiger partial charge in [-0.2, -0.15) is 4.98 Å². The number of nitrogens with zero attached hydrogens (tertiary/aromatic N) is 2. The van der Waals surface area contributed by atoms with Gasteiger partial charge in [-0.05, 0) is 31.9 Å². The van der Waals surface area contributed by atoms with Gasteiger partial charge in [-0.15, -0.1) is 0 Å². The first-order valence-electron chi connectivity index (χ1n) is 6.79. The van der Waals surface area contributed by atoms with E-state index >= 15 is 0 Å². The topological polar surface area (TPSA) is 64.5 Å². The number of nitrogen functional groups attached to an aromatic ring is 1. The Labute approximate surface area is 112 Å². The van der Waals surface area contributed by atoms with E-state index in [0.717, 1.165) is 43.6 Å². The number of piperidine rings is 1. The van der Waals surface area contributed by atoms with Crippen molar-refractivity contribution < 1.29 is 9.15 Å². The van der Waals surface area contributed by atoms with Crippen molar-refractivity contribution in [1.82, 2.24) is 4.98 Å². The van der Waals surface area contributed by atoms with Gasteiger partial charge in [-0.25, -0.2) is 0 Å². The van der Waals surface area contributed by atoms with Gasteiger partial charge in [0.15, 0.2) is 5.58 Å². The standard InChI is InChI=1S/C14H19N3O2/c1-2-18-10-5-4-8-17(9-10)14-16-13-11(15)6-3-7-12(13)19-14/h3,6-7,10H,2,4-5,8-9,15H2,1H3. The second-order valence-electron chi connectivity index (χ2n) is 4.86. The van der Waals surface area contributed by atoms with Crippen molar-refractivity contribution in [3.8, 4) is 0 Å². The zero-order valence-electron chi connectivity index (χ0n) is 11.1. The number of hydrogen-bond acceptors (Lipinski definition) is 5. The van der Waals surface area contributed by atoms with E-state index in [9.17, 15) is 0 Å². The maximum Gasteiger partial charge on any atom is 0.298 e.